The average Bonchev–Trinajstić information content (AvgIpc) is 2.08. The van der Waals surface area contributed by atoms with Crippen molar-refractivity contribution in [2.24, 2.45) is 11.7 Å². The zero-order chi connectivity index (χ0) is 7.78. The zero-order valence-corrected chi connectivity index (χ0v) is 7.29. The number of nitrogens with two attached hydrogens (primary N) is 1. The SMILES string of the molecule is CC1(C)SCCC1C(=N)N. The largest absolute Gasteiger partial charge is 0.387 e. The lowest BCUT2D eigenvalue weighted by atomic mass is 9.92. The van der Waals surface area contributed by atoms with Crippen molar-refractivity contribution in [3.63, 3.8) is 0 Å². The summed E-state index contributed by atoms with van der Waals surface area (Å²) in [5.74, 6) is 1.81. The van der Waals surface area contributed by atoms with Gasteiger partial charge in [-0.15, -0.1) is 0 Å². The zero-order valence-electron chi connectivity index (χ0n) is 6.48. The van der Waals surface area contributed by atoms with Crippen LogP contribution in [0.5, 0.6) is 0 Å². The second-order valence-electron chi connectivity index (χ2n) is 3.25. The lowest BCUT2D eigenvalue weighted by Crippen LogP contribution is -2.33. The van der Waals surface area contributed by atoms with Crippen LogP contribution >= 0.6 is 11.8 Å². The maximum atomic E-state index is 7.31. The van der Waals surface area contributed by atoms with Gasteiger partial charge in [-0.3, -0.25) is 5.41 Å². The Labute approximate surface area is 66.1 Å². The first-order valence-corrected chi connectivity index (χ1v) is 4.50. The minimum atomic E-state index is 0.200. The maximum Gasteiger partial charge on any atom is 0.0951 e. The summed E-state index contributed by atoms with van der Waals surface area (Å²) in [6.07, 6.45) is 1.08. The Balaban J connectivity index is 2.68. The van der Waals surface area contributed by atoms with Crippen LogP contribution in [0, 0.1) is 11.3 Å². The number of nitrogens with one attached hydrogen (secondary N) is 1. The first-order valence-electron chi connectivity index (χ1n) is 3.52. The van der Waals surface area contributed by atoms with Crippen LogP contribution in [0.1, 0.15) is 20.3 Å². The Morgan fingerprint density at radius 3 is 2.50 bits per heavy atom. The van der Waals surface area contributed by atoms with Gasteiger partial charge < -0.3 is 5.73 Å². The molecule has 0 aliphatic carbocycles. The van der Waals surface area contributed by atoms with Crippen molar-refractivity contribution in [2.75, 3.05) is 5.75 Å². The molecule has 0 bridgehead atoms. The van der Waals surface area contributed by atoms with Crippen LogP contribution in [0.2, 0.25) is 0 Å². The van der Waals surface area contributed by atoms with E-state index in [2.05, 4.69) is 13.8 Å². The molecule has 3 heteroatoms. The first-order chi connectivity index (χ1) is 4.54. The van der Waals surface area contributed by atoms with Crippen LogP contribution in [0.15, 0.2) is 0 Å². The number of rotatable bonds is 1. The Bertz CT molecular complexity index is 154. The van der Waals surface area contributed by atoms with E-state index in [-0.39, 0.29) is 4.75 Å². The average molecular weight is 158 g/mol. The van der Waals surface area contributed by atoms with E-state index in [4.69, 9.17) is 11.1 Å². The molecular formula is C7H14N2S. The fourth-order valence-electron chi connectivity index (χ4n) is 1.42. The predicted molar refractivity (Wildman–Crippen MR) is 46.6 cm³/mol. The van der Waals surface area contributed by atoms with Gasteiger partial charge >= 0.3 is 0 Å². The summed E-state index contributed by atoms with van der Waals surface area (Å²) in [5.41, 5.74) is 5.44. The van der Waals surface area contributed by atoms with Crippen LogP contribution in [-0.4, -0.2) is 16.3 Å². The molecule has 1 aliphatic heterocycles. The van der Waals surface area contributed by atoms with Crippen molar-refractivity contribution in [3.8, 4) is 0 Å². The van der Waals surface area contributed by atoms with E-state index in [1.165, 1.54) is 0 Å². The molecule has 0 aromatic rings. The summed E-state index contributed by atoms with van der Waals surface area (Å²) >= 11 is 1.92. The normalized spacial score (nSPS) is 30.4. The molecule has 1 unspecified atom stereocenters. The highest BCUT2D eigenvalue weighted by Crippen LogP contribution is 2.41. The molecular weight excluding hydrogens is 144 g/mol. The van der Waals surface area contributed by atoms with E-state index in [1.54, 1.807) is 0 Å². The third-order valence-electron chi connectivity index (χ3n) is 2.10. The molecule has 0 spiro atoms. The summed E-state index contributed by atoms with van der Waals surface area (Å²) in [6, 6.07) is 0. The predicted octanol–water partition coefficient (Wildman–Crippen LogP) is 1.45. The second-order valence-corrected chi connectivity index (χ2v) is 5.00. The lowest BCUT2D eigenvalue weighted by molar-refractivity contribution is 0.553. The van der Waals surface area contributed by atoms with Gasteiger partial charge in [-0.05, 0) is 26.0 Å². The van der Waals surface area contributed by atoms with Crippen molar-refractivity contribution in [2.45, 2.75) is 25.0 Å². The van der Waals surface area contributed by atoms with Gasteiger partial charge in [0.2, 0.25) is 0 Å². The van der Waals surface area contributed by atoms with E-state index < -0.39 is 0 Å². The fourth-order valence-corrected chi connectivity index (χ4v) is 2.74. The smallest absolute Gasteiger partial charge is 0.0951 e. The van der Waals surface area contributed by atoms with Gasteiger partial charge in [0.05, 0.1) is 5.84 Å². The van der Waals surface area contributed by atoms with E-state index in [0.717, 1.165) is 12.2 Å². The molecule has 0 aromatic heterocycles. The van der Waals surface area contributed by atoms with Crippen LogP contribution in [0.25, 0.3) is 0 Å². The third kappa shape index (κ3) is 1.29. The number of hydrogen-bond acceptors (Lipinski definition) is 2. The van der Waals surface area contributed by atoms with Crippen LogP contribution in [-0.2, 0) is 0 Å². The van der Waals surface area contributed by atoms with E-state index >= 15 is 0 Å². The van der Waals surface area contributed by atoms with Gasteiger partial charge in [0.25, 0.3) is 0 Å². The van der Waals surface area contributed by atoms with Crippen molar-refractivity contribution >= 4 is 17.6 Å². The first kappa shape index (κ1) is 7.92. The molecule has 58 valence electrons. The third-order valence-corrected chi connectivity index (χ3v) is 3.56. The number of thioether (sulfide) groups is 1. The fraction of sp³-hybridized carbons (Fsp3) is 0.857. The van der Waals surface area contributed by atoms with Crippen molar-refractivity contribution in [3.05, 3.63) is 0 Å². The second kappa shape index (κ2) is 2.46. The Morgan fingerprint density at radius 1 is 1.70 bits per heavy atom. The van der Waals surface area contributed by atoms with Crippen molar-refractivity contribution < 1.29 is 0 Å². The topological polar surface area (TPSA) is 49.9 Å². The van der Waals surface area contributed by atoms with Gasteiger partial charge in [0.1, 0.15) is 0 Å². The van der Waals surface area contributed by atoms with Gasteiger partial charge in [0, 0.05) is 10.7 Å². The van der Waals surface area contributed by atoms with Crippen molar-refractivity contribution in [1.82, 2.24) is 0 Å². The van der Waals surface area contributed by atoms with Gasteiger partial charge in [0.15, 0.2) is 0 Å². The maximum absolute atomic E-state index is 7.31. The molecule has 0 saturated carbocycles. The molecule has 1 rings (SSSR count). The number of hydrogen-bond donors (Lipinski definition) is 2. The number of amidine groups is 1. The molecule has 1 fully saturated rings. The molecule has 0 amide bonds. The van der Waals surface area contributed by atoms with E-state index in [0.29, 0.717) is 11.8 Å². The monoisotopic (exact) mass is 158 g/mol. The highest BCUT2D eigenvalue weighted by molar-refractivity contribution is 8.00. The van der Waals surface area contributed by atoms with Gasteiger partial charge in [-0.25, -0.2) is 0 Å². The van der Waals surface area contributed by atoms with Crippen LogP contribution in [0.4, 0.5) is 0 Å². The summed E-state index contributed by atoms with van der Waals surface area (Å²) in [4.78, 5) is 0. The highest BCUT2D eigenvalue weighted by atomic mass is 32.2. The molecule has 1 heterocycles. The minimum Gasteiger partial charge on any atom is -0.387 e. The molecule has 0 aromatic carbocycles. The molecule has 0 radical (unpaired) electrons. The van der Waals surface area contributed by atoms with Crippen LogP contribution < -0.4 is 5.73 Å². The van der Waals surface area contributed by atoms with Crippen molar-refractivity contribution in [1.29, 1.82) is 5.41 Å². The quantitative estimate of drug-likeness (QED) is 0.448. The van der Waals surface area contributed by atoms with Gasteiger partial charge in [-0.2, -0.15) is 11.8 Å². The van der Waals surface area contributed by atoms with E-state index in [1.807, 2.05) is 11.8 Å². The lowest BCUT2D eigenvalue weighted by Gasteiger charge is -2.24. The van der Waals surface area contributed by atoms with Gasteiger partial charge in [-0.1, -0.05) is 0 Å². The standard InChI is InChI=1S/C7H14N2S/c1-7(2)5(6(8)9)3-4-10-7/h5H,3-4H2,1-2H3,(H3,8,9). The summed E-state index contributed by atoms with van der Waals surface area (Å²) in [5, 5.41) is 7.31. The molecule has 1 aliphatic rings. The minimum absolute atomic E-state index is 0.200. The Hall–Kier alpha value is -0.180. The summed E-state index contributed by atoms with van der Waals surface area (Å²) in [7, 11) is 0. The Morgan fingerprint density at radius 2 is 2.30 bits per heavy atom. The molecule has 2 nitrogen and oxygen atoms in total. The van der Waals surface area contributed by atoms with E-state index in [9.17, 15) is 0 Å². The molecule has 1 saturated heterocycles. The highest BCUT2D eigenvalue weighted by Gasteiger charge is 2.36. The summed E-state index contributed by atoms with van der Waals surface area (Å²) < 4.78 is 0.200. The Kier molecular flexibility index (Phi) is 1.95. The molecule has 10 heavy (non-hydrogen) atoms. The van der Waals surface area contributed by atoms with Crippen LogP contribution in [0.3, 0.4) is 0 Å². The summed E-state index contributed by atoms with van der Waals surface area (Å²) in [6.45, 7) is 4.33. The molecule has 3 N–H and O–H groups in total. The molecule has 1 atom stereocenters.